The predicted molar refractivity (Wildman–Crippen MR) is 109 cm³/mol. The van der Waals surface area contributed by atoms with Crippen LogP contribution in [0, 0.1) is 6.92 Å². The quantitative estimate of drug-likeness (QED) is 0.551. The van der Waals surface area contributed by atoms with Gasteiger partial charge in [0.2, 0.25) is 0 Å². The molecule has 6 nitrogen and oxygen atoms in total. The van der Waals surface area contributed by atoms with Crippen molar-refractivity contribution in [1.29, 1.82) is 0 Å². The molecule has 0 aliphatic carbocycles. The van der Waals surface area contributed by atoms with Crippen molar-refractivity contribution in [3.05, 3.63) is 65.5 Å². The molecule has 0 fully saturated rings. The first kappa shape index (κ1) is 18.0. The van der Waals surface area contributed by atoms with E-state index < -0.39 is 0 Å². The molecule has 0 aliphatic heterocycles. The van der Waals surface area contributed by atoms with Gasteiger partial charge in [-0.1, -0.05) is 32.0 Å². The maximum absolute atomic E-state index is 13.3. The SMILES string of the molecule is Cc1nn(C)c2nc(-c3ccco3)cc(C(=O)Nc3ccccc3C(C)C)c12. The molecule has 4 rings (SSSR count). The van der Waals surface area contributed by atoms with Crippen LogP contribution in [0.1, 0.15) is 41.4 Å². The van der Waals surface area contributed by atoms with E-state index in [1.54, 1.807) is 23.1 Å². The molecular formula is C22H22N4O2. The molecule has 6 heteroatoms. The number of rotatable bonds is 4. The molecule has 0 saturated carbocycles. The number of para-hydroxylation sites is 1. The Hall–Kier alpha value is -3.41. The van der Waals surface area contributed by atoms with Crippen LogP contribution >= 0.6 is 0 Å². The first-order chi connectivity index (χ1) is 13.5. The van der Waals surface area contributed by atoms with Gasteiger partial charge >= 0.3 is 0 Å². The van der Waals surface area contributed by atoms with E-state index >= 15 is 0 Å². The van der Waals surface area contributed by atoms with Crippen molar-refractivity contribution >= 4 is 22.6 Å². The van der Waals surface area contributed by atoms with Gasteiger partial charge in [0, 0.05) is 12.7 Å². The van der Waals surface area contributed by atoms with Crippen molar-refractivity contribution in [3.8, 4) is 11.5 Å². The lowest BCUT2D eigenvalue weighted by Crippen LogP contribution is -2.15. The zero-order valence-corrected chi connectivity index (χ0v) is 16.4. The Morgan fingerprint density at radius 2 is 1.96 bits per heavy atom. The molecular weight excluding hydrogens is 352 g/mol. The fraction of sp³-hybridized carbons (Fsp3) is 0.227. The van der Waals surface area contributed by atoms with Crippen LogP contribution < -0.4 is 5.32 Å². The third-order valence-corrected chi connectivity index (χ3v) is 4.82. The number of anilines is 1. The van der Waals surface area contributed by atoms with Crippen molar-refractivity contribution in [1.82, 2.24) is 14.8 Å². The van der Waals surface area contributed by atoms with Gasteiger partial charge in [-0.15, -0.1) is 0 Å². The summed E-state index contributed by atoms with van der Waals surface area (Å²) in [6.45, 7) is 6.10. The summed E-state index contributed by atoms with van der Waals surface area (Å²) in [4.78, 5) is 17.9. The lowest BCUT2D eigenvalue weighted by Gasteiger charge is -2.14. The number of hydrogen-bond acceptors (Lipinski definition) is 4. The third-order valence-electron chi connectivity index (χ3n) is 4.82. The smallest absolute Gasteiger partial charge is 0.256 e. The van der Waals surface area contributed by atoms with Crippen LogP contribution in [0.2, 0.25) is 0 Å². The van der Waals surface area contributed by atoms with Gasteiger partial charge in [0.15, 0.2) is 11.4 Å². The maximum atomic E-state index is 13.3. The van der Waals surface area contributed by atoms with E-state index in [0.29, 0.717) is 28.6 Å². The second kappa shape index (κ2) is 6.96. The number of aromatic nitrogens is 3. The second-order valence-electron chi connectivity index (χ2n) is 7.14. The van der Waals surface area contributed by atoms with E-state index in [-0.39, 0.29) is 5.91 Å². The standard InChI is InChI=1S/C22H22N4O2/c1-13(2)15-8-5-6-9-17(15)24-22(27)16-12-18(19-10-7-11-28-19)23-21-20(16)14(3)25-26(21)4/h5-13H,1-4H3,(H,24,27). The number of pyridine rings is 1. The monoisotopic (exact) mass is 374 g/mol. The highest BCUT2D eigenvalue weighted by Crippen LogP contribution is 2.29. The summed E-state index contributed by atoms with van der Waals surface area (Å²) in [6, 6.07) is 13.3. The molecule has 142 valence electrons. The highest BCUT2D eigenvalue weighted by Gasteiger charge is 2.21. The normalized spacial score (nSPS) is 11.3. The lowest BCUT2D eigenvalue weighted by molar-refractivity contribution is 0.102. The number of nitrogens with zero attached hydrogens (tertiary/aromatic N) is 3. The average molecular weight is 374 g/mol. The molecule has 1 amide bonds. The molecule has 0 unspecified atom stereocenters. The molecule has 0 bridgehead atoms. The Kier molecular flexibility index (Phi) is 4.47. The molecule has 0 saturated heterocycles. The molecule has 0 atom stereocenters. The van der Waals surface area contributed by atoms with E-state index in [1.807, 2.05) is 44.3 Å². The number of fused-ring (bicyclic) bond motifs is 1. The molecule has 1 aromatic carbocycles. The Balaban J connectivity index is 1.85. The molecule has 28 heavy (non-hydrogen) atoms. The molecule has 3 aromatic heterocycles. The fourth-order valence-corrected chi connectivity index (χ4v) is 3.48. The number of benzene rings is 1. The molecule has 0 radical (unpaired) electrons. The van der Waals surface area contributed by atoms with Crippen LogP contribution in [-0.2, 0) is 7.05 Å². The van der Waals surface area contributed by atoms with Crippen LogP contribution in [0.15, 0.2) is 53.1 Å². The van der Waals surface area contributed by atoms with Gasteiger partial charge in [-0.05, 0) is 42.7 Å². The summed E-state index contributed by atoms with van der Waals surface area (Å²) in [7, 11) is 1.82. The van der Waals surface area contributed by atoms with Crippen molar-refractivity contribution in [2.45, 2.75) is 26.7 Å². The van der Waals surface area contributed by atoms with Crippen LogP contribution in [0.3, 0.4) is 0 Å². The van der Waals surface area contributed by atoms with Crippen LogP contribution in [-0.4, -0.2) is 20.7 Å². The largest absolute Gasteiger partial charge is 0.463 e. The number of nitrogens with one attached hydrogen (secondary N) is 1. The summed E-state index contributed by atoms with van der Waals surface area (Å²) in [5.74, 6) is 0.717. The minimum atomic E-state index is -0.190. The van der Waals surface area contributed by atoms with Gasteiger partial charge in [0.1, 0.15) is 5.69 Å². The van der Waals surface area contributed by atoms with Crippen molar-refractivity contribution in [2.24, 2.45) is 7.05 Å². The maximum Gasteiger partial charge on any atom is 0.256 e. The highest BCUT2D eigenvalue weighted by molar-refractivity contribution is 6.13. The summed E-state index contributed by atoms with van der Waals surface area (Å²) in [6.07, 6.45) is 1.59. The molecule has 4 aromatic rings. The van der Waals surface area contributed by atoms with Gasteiger partial charge in [-0.2, -0.15) is 5.10 Å². The lowest BCUT2D eigenvalue weighted by atomic mass is 10.0. The Labute approximate surface area is 163 Å². The van der Waals surface area contributed by atoms with Gasteiger partial charge < -0.3 is 9.73 Å². The second-order valence-corrected chi connectivity index (χ2v) is 7.14. The summed E-state index contributed by atoms with van der Waals surface area (Å²) >= 11 is 0. The minimum absolute atomic E-state index is 0.190. The fourth-order valence-electron chi connectivity index (χ4n) is 3.48. The number of hydrogen-bond donors (Lipinski definition) is 1. The first-order valence-corrected chi connectivity index (χ1v) is 9.24. The number of amides is 1. The first-order valence-electron chi connectivity index (χ1n) is 9.24. The van der Waals surface area contributed by atoms with E-state index in [0.717, 1.165) is 22.3 Å². The van der Waals surface area contributed by atoms with Gasteiger partial charge in [0.25, 0.3) is 5.91 Å². The van der Waals surface area contributed by atoms with Crippen LogP contribution in [0.5, 0.6) is 0 Å². The summed E-state index contributed by atoms with van der Waals surface area (Å²) in [5.41, 5.74) is 4.44. The van der Waals surface area contributed by atoms with Crippen LogP contribution in [0.25, 0.3) is 22.5 Å². The van der Waals surface area contributed by atoms with Crippen molar-refractivity contribution in [2.75, 3.05) is 5.32 Å². The molecule has 3 heterocycles. The number of carbonyl (C=O) groups is 1. The minimum Gasteiger partial charge on any atom is -0.463 e. The molecule has 1 N–H and O–H groups in total. The van der Waals surface area contributed by atoms with E-state index in [9.17, 15) is 4.79 Å². The Morgan fingerprint density at radius 3 is 2.68 bits per heavy atom. The number of carbonyl (C=O) groups excluding carboxylic acids is 1. The number of furan rings is 1. The zero-order valence-electron chi connectivity index (χ0n) is 16.4. The topological polar surface area (TPSA) is 73.0 Å². The van der Waals surface area contributed by atoms with Crippen molar-refractivity contribution in [3.63, 3.8) is 0 Å². The van der Waals surface area contributed by atoms with Gasteiger partial charge in [0.05, 0.1) is 22.9 Å². The van der Waals surface area contributed by atoms with Gasteiger partial charge in [-0.3, -0.25) is 9.48 Å². The van der Waals surface area contributed by atoms with Crippen LogP contribution in [0.4, 0.5) is 5.69 Å². The Bertz CT molecular complexity index is 1160. The van der Waals surface area contributed by atoms with E-state index in [2.05, 4.69) is 29.2 Å². The van der Waals surface area contributed by atoms with Crippen molar-refractivity contribution < 1.29 is 9.21 Å². The summed E-state index contributed by atoms with van der Waals surface area (Å²) < 4.78 is 7.19. The molecule has 0 spiro atoms. The van der Waals surface area contributed by atoms with E-state index in [4.69, 9.17) is 4.42 Å². The summed E-state index contributed by atoms with van der Waals surface area (Å²) in [5, 5.41) is 8.27. The molecule has 0 aliphatic rings. The van der Waals surface area contributed by atoms with E-state index in [1.165, 1.54) is 0 Å². The number of aryl methyl sites for hydroxylation is 2. The third kappa shape index (κ3) is 3.07. The Morgan fingerprint density at radius 1 is 1.18 bits per heavy atom. The highest BCUT2D eigenvalue weighted by atomic mass is 16.3. The predicted octanol–water partition coefficient (Wildman–Crippen LogP) is 4.91. The van der Waals surface area contributed by atoms with Gasteiger partial charge in [-0.25, -0.2) is 4.98 Å². The zero-order chi connectivity index (χ0) is 19.8. The average Bonchev–Trinajstić information content (AvgIpc) is 3.30.